The molecule has 0 radical (unpaired) electrons. The van der Waals surface area contributed by atoms with Gasteiger partial charge in [-0.1, -0.05) is 99.7 Å². The van der Waals surface area contributed by atoms with Crippen LogP contribution in [-0.2, 0) is 32.2 Å². The molecule has 2 aromatic rings. The first kappa shape index (κ1) is 25.9. The Kier molecular flexibility index (Phi) is 11.4. The van der Waals surface area contributed by atoms with Gasteiger partial charge >= 0.3 is 0 Å². The molecule has 5 atom stereocenters. The Morgan fingerprint density at radius 3 is 1.88 bits per heavy atom. The van der Waals surface area contributed by atoms with Crippen molar-refractivity contribution in [1.82, 2.24) is 0 Å². The molecule has 1 fully saturated rings. The number of hydrogen-bond acceptors (Lipinski definition) is 5. The van der Waals surface area contributed by atoms with Gasteiger partial charge in [0.05, 0.1) is 19.3 Å². The zero-order valence-corrected chi connectivity index (χ0v) is 20.1. The van der Waals surface area contributed by atoms with Gasteiger partial charge in [0.15, 0.2) is 6.29 Å². The molecule has 182 valence electrons. The highest BCUT2D eigenvalue weighted by atomic mass is 16.7. The largest absolute Gasteiger partial charge is 0.388 e. The minimum Gasteiger partial charge on any atom is -0.388 e. The smallest absolute Gasteiger partial charge is 0.186 e. The van der Waals surface area contributed by atoms with Gasteiger partial charge < -0.3 is 24.1 Å². The van der Waals surface area contributed by atoms with Gasteiger partial charge in [0, 0.05) is 6.61 Å². The fourth-order valence-corrected chi connectivity index (χ4v) is 4.10. The SMILES string of the molecule is CCCCCCCCOC1O[C@@H](C)[C@@H](O)[C@@H](OCc2ccccc2)[C@@H]1OCc1ccccc1. The highest BCUT2D eigenvalue weighted by Gasteiger charge is 2.45. The summed E-state index contributed by atoms with van der Waals surface area (Å²) in [6.07, 6.45) is 4.31. The van der Waals surface area contributed by atoms with Crippen LogP contribution in [-0.4, -0.2) is 42.4 Å². The van der Waals surface area contributed by atoms with Crippen molar-refractivity contribution < 1.29 is 24.1 Å². The van der Waals surface area contributed by atoms with Crippen molar-refractivity contribution >= 4 is 0 Å². The van der Waals surface area contributed by atoms with Gasteiger partial charge in [-0.05, 0) is 24.5 Å². The van der Waals surface area contributed by atoms with Crippen molar-refractivity contribution in [1.29, 1.82) is 0 Å². The maximum Gasteiger partial charge on any atom is 0.186 e. The minimum atomic E-state index is -0.802. The molecule has 1 aliphatic heterocycles. The molecule has 1 heterocycles. The van der Waals surface area contributed by atoms with Gasteiger partial charge in [0.1, 0.15) is 18.3 Å². The molecule has 0 amide bonds. The molecular weight excluding hydrogens is 416 g/mol. The molecule has 0 aromatic heterocycles. The summed E-state index contributed by atoms with van der Waals surface area (Å²) in [7, 11) is 0. The van der Waals surface area contributed by atoms with Crippen molar-refractivity contribution in [2.24, 2.45) is 0 Å². The molecule has 2 aromatic carbocycles. The van der Waals surface area contributed by atoms with Crippen molar-refractivity contribution in [3.05, 3.63) is 71.8 Å². The monoisotopic (exact) mass is 456 g/mol. The molecule has 1 saturated heterocycles. The lowest BCUT2D eigenvalue weighted by molar-refractivity contribution is -0.313. The summed E-state index contributed by atoms with van der Waals surface area (Å²) in [5.74, 6) is 0. The van der Waals surface area contributed by atoms with Gasteiger partial charge in [-0.2, -0.15) is 0 Å². The fourth-order valence-electron chi connectivity index (χ4n) is 4.10. The van der Waals surface area contributed by atoms with Crippen LogP contribution in [0.4, 0.5) is 0 Å². The minimum absolute atomic E-state index is 0.393. The van der Waals surface area contributed by atoms with E-state index in [4.69, 9.17) is 18.9 Å². The molecule has 5 nitrogen and oxygen atoms in total. The quantitative estimate of drug-likeness (QED) is 0.373. The zero-order chi connectivity index (χ0) is 23.3. The van der Waals surface area contributed by atoms with Crippen LogP contribution in [0, 0.1) is 0 Å². The van der Waals surface area contributed by atoms with Crippen molar-refractivity contribution in [2.75, 3.05) is 6.61 Å². The van der Waals surface area contributed by atoms with Crippen molar-refractivity contribution in [2.45, 2.75) is 96.3 Å². The van der Waals surface area contributed by atoms with Crippen LogP contribution in [0.5, 0.6) is 0 Å². The first-order valence-corrected chi connectivity index (χ1v) is 12.4. The van der Waals surface area contributed by atoms with Crippen LogP contribution in [0.2, 0.25) is 0 Å². The lowest BCUT2D eigenvalue weighted by atomic mass is 9.99. The number of aliphatic hydroxyl groups is 1. The summed E-state index contributed by atoms with van der Waals surface area (Å²) in [4.78, 5) is 0. The Hall–Kier alpha value is -1.76. The molecule has 1 aliphatic rings. The average molecular weight is 457 g/mol. The second kappa shape index (κ2) is 14.5. The molecule has 0 bridgehead atoms. The Bertz CT molecular complexity index is 753. The van der Waals surface area contributed by atoms with Gasteiger partial charge in [-0.15, -0.1) is 0 Å². The third-order valence-corrected chi connectivity index (χ3v) is 6.11. The van der Waals surface area contributed by atoms with E-state index >= 15 is 0 Å². The average Bonchev–Trinajstić information content (AvgIpc) is 2.85. The Morgan fingerprint density at radius 1 is 0.727 bits per heavy atom. The number of ether oxygens (including phenoxy) is 4. The van der Waals surface area contributed by atoms with E-state index in [-0.39, 0.29) is 0 Å². The summed E-state index contributed by atoms with van der Waals surface area (Å²) in [6, 6.07) is 20.0. The molecule has 0 spiro atoms. The first-order valence-electron chi connectivity index (χ1n) is 12.4. The molecule has 1 unspecified atom stereocenters. The second-order valence-electron chi connectivity index (χ2n) is 8.86. The molecular formula is C28H40O5. The van der Waals surface area contributed by atoms with E-state index < -0.39 is 30.7 Å². The van der Waals surface area contributed by atoms with E-state index in [1.54, 1.807) is 0 Å². The summed E-state index contributed by atoms with van der Waals surface area (Å²) < 4.78 is 24.7. The van der Waals surface area contributed by atoms with Gasteiger partial charge in [-0.25, -0.2) is 0 Å². The van der Waals surface area contributed by atoms with E-state index in [1.807, 2.05) is 67.6 Å². The molecule has 3 rings (SSSR count). The second-order valence-corrected chi connectivity index (χ2v) is 8.86. The molecule has 33 heavy (non-hydrogen) atoms. The third-order valence-electron chi connectivity index (χ3n) is 6.11. The number of benzene rings is 2. The Morgan fingerprint density at radius 2 is 1.27 bits per heavy atom. The van der Waals surface area contributed by atoms with Gasteiger partial charge in [0.2, 0.25) is 0 Å². The lowest BCUT2D eigenvalue weighted by Crippen LogP contribution is -2.59. The number of rotatable bonds is 14. The predicted molar refractivity (Wildman–Crippen MR) is 130 cm³/mol. The third kappa shape index (κ3) is 8.51. The van der Waals surface area contributed by atoms with Crippen LogP contribution in [0.25, 0.3) is 0 Å². The Labute approximate surface area is 199 Å². The molecule has 5 heteroatoms. The summed E-state index contributed by atoms with van der Waals surface area (Å²) >= 11 is 0. The first-order chi connectivity index (χ1) is 16.2. The van der Waals surface area contributed by atoms with Crippen molar-refractivity contribution in [3.63, 3.8) is 0 Å². The maximum absolute atomic E-state index is 10.9. The van der Waals surface area contributed by atoms with Gasteiger partial charge in [-0.3, -0.25) is 0 Å². The molecule has 0 aliphatic carbocycles. The maximum atomic E-state index is 10.9. The van der Waals surface area contributed by atoms with Crippen LogP contribution in [0.3, 0.4) is 0 Å². The number of hydrogen-bond donors (Lipinski definition) is 1. The highest BCUT2D eigenvalue weighted by molar-refractivity contribution is 5.14. The van der Waals surface area contributed by atoms with E-state index in [2.05, 4.69) is 6.92 Å². The summed E-state index contributed by atoms with van der Waals surface area (Å²) in [5, 5.41) is 10.9. The van der Waals surface area contributed by atoms with Crippen LogP contribution in [0.1, 0.15) is 63.5 Å². The summed E-state index contributed by atoms with van der Waals surface area (Å²) in [6.45, 7) is 5.49. The molecule has 1 N–H and O–H groups in total. The zero-order valence-electron chi connectivity index (χ0n) is 20.1. The summed E-state index contributed by atoms with van der Waals surface area (Å²) in [5.41, 5.74) is 2.11. The normalized spacial score (nSPS) is 25.2. The fraction of sp³-hybridized carbons (Fsp3) is 0.571. The van der Waals surface area contributed by atoms with E-state index in [1.165, 1.54) is 25.7 Å². The van der Waals surface area contributed by atoms with E-state index in [0.717, 1.165) is 24.0 Å². The molecule has 0 saturated carbocycles. The predicted octanol–water partition coefficient (Wildman–Crippen LogP) is 5.64. The topological polar surface area (TPSA) is 57.2 Å². The standard InChI is InChI=1S/C28H40O5/c1-3-4-5-6-7-14-19-30-28-27(32-21-24-17-12-9-13-18-24)26(25(29)22(2)33-28)31-20-23-15-10-8-11-16-23/h8-13,15-18,22,25-29H,3-7,14,19-21H2,1-2H3/t22-,25+,26+,27-,28?/m0/s1. The number of unbranched alkanes of at least 4 members (excludes halogenated alkanes) is 5. The van der Waals surface area contributed by atoms with Gasteiger partial charge in [0.25, 0.3) is 0 Å². The number of aliphatic hydroxyl groups excluding tert-OH is 1. The van der Waals surface area contributed by atoms with Crippen LogP contribution >= 0.6 is 0 Å². The Balaban J connectivity index is 1.62. The highest BCUT2D eigenvalue weighted by Crippen LogP contribution is 2.28. The van der Waals surface area contributed by atoms with Crippen molar-refractivity contribution in [3.8, 4) is 0 Å². The lowest BCUT2D eigenvalue weighted by Gasteiger charge is -2.43. The van der Waals surface area contributed by atoms with E-state index in [0.29, 0.717) is 19.8 Å². The van der Waals surface area contributed by atoms with E-state index in [9.17, 15) is 5.11 Å². The van der Waals surface area contributed by atoms with Crippen LogP contribution in [0.15, 0.2) is 60.7 Å². The van der Waals surface area contributed by atoms with Crippen LogP contribution < -0.4 is 0 Å².